The van der Waals surface area contributed by atoms with E-state index in [4.69, 9.17) is 16.3 Å². The van der Waals surface area contributed by atoms with Gasteiger partial charge in [-0.25, -0.2) is 0 Å². The Hall–Kier alpha value is -0.530. The lowest BCUT2D eigenvalue weighted by molar-refractivity contribution is 0.121. The summed E-state index contributed by atoms with van der Waals surface area (Å²) in [7, 11) is 0. The first-order valence-electron chi connectivity index (χ1n) is 4.15. The predicted molar refractivity (Wildman–Crippen MR) is 51.4 cm³/mol. The molecule has 0 unspecified atom stereocenters. The number of ether oxygens (including phenoxy) is 1. The molecule has 66 valence electrons. The monoisotopic (exact) mass is 184 g/mol. The summed E-state index contributed by atoms with van der Waals surface area (Å²) in [4.78, 5) is 0. The summed E-state index contributed by atoms with van der Waals surface area (Å²) in [6, 6.07) is 7.75. The minimum Gasteiger partial charge on any atom is -0.377 e. The average Bonchev–Trinajstić information content (AvgIpc) is 2.05. The van der Waals surface area contributed by atoms with E-state index in [-0.39, 0.29) is 0 Å². The van der Waals surface area contributed by atoms with Gasteiger partial charge >= 0.3 is 0 Å². The molecule has 12 heavy (non-hydrogen) atoms. The van der Waals surface area contributed by atoms with Gasteiger partial charge in [-0.05, 0) is 24.1 Å². The molecule has 0 saturated heterocycles. The minimum atomic E-state index is 0.661. The second-order valence-corrected chi connectivity index (χ2v) is 3.12. The SMILES string of the molecule is CCCOCc1cccc(Cl)c1. The summed E-state index contributed by atoms with van der Waals surface area (Å²) in [6.45, 7) is 3.57. The van der Waals surface area contributed by atoms with Crippen molar-refractivity contribution in [1.29, 1.82) is 0 Å². The van der Waals surface area contributed by atoms with Crippen molar-refractivity contribution in [2.24, 2.45) is 0 Å². The highest BCUT2D eigenvalue weighted by atomic mass is 35.5. The van der Waals surface area contributed by atoms with Gasteiger partial charge < -0.3 is 4.74 Å². The standard InChI is InChI=1S/C10H13ClO/c1-2-6-12-8-9-4-3-5-10(11)7-9/h3-5,7H,2,6,8H2,1H3. The molecule has 1 aromatic rings. The summed E-state index contributed by atoms with van der Waals surface area (Å²) in [6.07, 6.45) is 1.06. The van der Waals surface area contributed by atoms with Crippen LogP contribution in [-0.2, 0) is 11.3 Å². The molecule has 0 heterocycles. The second-order valence-electron chi connectivity index (χ2n) is 2.68. The molecular formula is C10H13ClO. The van der Waals surface area contributed by atoms with Gasteiger partial charge in [0.2, 0.25) is 0 Å². The normalized spacial score (nSPS) is 10.2. The van der Waals surface area contributed by atoms with Crippen molar-refractivity contribution in [3.8, 4) is 0 Å². The molecule has 0 bridgehead atoms. The van der Waals surface area contributed by atoms with E-state index in [9.17, 15) is 0 Å². The van der Waals surface area contributed by atoms with E-state index in [2.05, 4.69) is 6.92 Å². The first-order chi connectivity index (χ1) is 5.83. The van der Waals surface area contributed by atoms with Gasteiger partial charge in [-0.2, -0.15) is 0 Å². The highest BCUT2D eigenvalue weighted by Gasteiger charge is 1.92. The molecule has 0 saturated carbocycles. The molecule has 1 rings (SSSR count). The van der Waals surface area contributed by atoms with Crippen molar-refractivity contribution >= 4 is 11.6 Å². The number of benzene rings is 1. The lowest BCUT2D eigenvalue weighted by Crippen LogP contribution is -1.93. The van der Waals surface area contributed by atoms with Crippen LogP contribution >= 0.6 is 11.6 Å². The molecule has 0 aliphatic carbocycles. The molecule has 0 radical (unpaired) electrons. The van der Waals surface area contributed by atoms with Crippen molar-refractivity contribution in [3.63, 3.8) is 0 Å². The Labute approximate surface area is 78.3 Å². The summed E-state index contributed by atoms with van der Waals surface area (Å²) >= 11 is 5.80. The molecule has 0 atom stereocenters. The third-order valence-electron chi connectivity index (χ3n) is 1.51. The van der Waals surface area contributed by atoms with Crippen molar-refractivity contribution in [2.75, 3.05) is 6.61 Å². The molecule has 0 fully saturated rings. The first kappa shape index (κ1) is 9.56. The zero-order valence-electron chi connectivity index (χ0n) is 7.22. The van der Waals surface area contributed by atoms with Crippen LogP contribution in [0.15, 0.2) is 24.3 Å². The van der Waals surface area contributed by atoms with Gasteiger partial charge in [0.1, 0.15) is 0 Å². The zero-order valence-corrected chi connectivity index (χ0v) is 7.97. The smallest absolute Gasteiger partial charge is 0.0717 e. The van der Waals surface area contributed by atoms with Gasteiger partial charge in [0, 0.05) is 11.6 Å². The molecule has 0 N–H and O–H groups in total. The Morgan fingerprint density at radius 1 is 1.42 bits per heavy atom. The number of hydrogen-bond acceptors (Lipinski definition) is 1. The lowest BCUT2D eigenvalue weighted by atomic mass is 10.2. The van der Waals surface area contributed by atoms with Crippen LogP contribution in [0.5, 0.6) is 0 Å². The molecule has 1 nitrogen and oxygen atoms in total. The van der Waals surface area contributed by atoms with Gasteiger partial charge in [-0.15, -0.1) is 0 Å². The van der Waals surface area contributed by atoms with E-state index in [0.717, 1.165) is 23.6 Å². The van der Waals surface area contributed by atoms with Crippen molar-refractivity contribution in [1.82, 2.24) is 0 Å². The molecule has 0 aliphatic heterocycles. The van der Waals surface area contributed by atoms with Crippen molar-refractivity contribution < 1.29 is 4.74 Å². The average molecular weight is 185 g/mol. The topological polar surface area (TPSA) is 9.23 Å². The summed E-state index contributed by atoms with van der Waals surface area (Å²) < 4.78 is 5.37. The molecule has 0 amide bonds. The quantitative estimate of drug-likeness (QED) is 0.653. The molecule has 1 aromatic carbocycles. The first-order valence-corrected chi connectivity index (χ1v) is 4.53. The van der Waals surface area contributed by atoms with Crippen LogP contribution in [0.4, 0.5) is 0 Å². The molecule has 0 spiro atoms. The maximum absolute atomic E-state index is 5.80. The maximum atomic E-state index is 5.80. The van der Waals surface area contributed by atoms with E-state index in [1.165, 1.54) is 0 Å². The van der Waals surface area contributed by atoms with E-state index in [0.29, 0.717) is 6.61 Å². The Morgan fingerprint density at radius 2 is 2.25 bits per heavy atom. The predicted octanol–water partition coefficient (Wildman–Crippen LogP) is 3.27. The van der Waals surface area contributed by atoms with Crippen LogP contribution in [0.25, 0.3) is 0 Å². The van der Waals surface area contributed by atoms with Crippen LogP contribution in [0.2, 0.25) is 5.02 Å². The summed E-state index contributed by atoms with van der Waals surface area (Å²) in [5.41, 5.74) is 1.14. The number of rotatable bonds is 4. The molecule has 0 aliphatic rings. The van der Waals surface area contributed by atoms with Gasteiger partial charge in [-0.3, -0.25) is 0 Å². The Bertz CT molecular complexity index is 235. The number of hydrogen-bond donors (Lipinski definition) is 0. The summed E-state index contributed by atoms with van der Waals surface area (Å²) in [5.74, 6) is 0. The second kappa shape index (κ2) is 5.18. The Balaban J connectivity index is 2.41. The van der Waals surface area contributed by atoms with Crippen LogP contribution in [0.3, 0.4) is 0 Å². The minimum absolute atomic E-state index is 0.661. The van der Waals surface area contributed by atoms with Crippen LogP contribution in [0.1, 0.15) is 18.9 Å². The Kier molecular flexibility index (Phi) is 4.12. The molecular weight excluding hydrogens is 172 g/mol. The molecule has 2 heteroatoms. The summed E-state index contributed by atoms with van der Waals surface area (Å²) in [5, 5.41) is 0.771. The van der Waals surface area contributed by atoms with Crippen LogP contribution < -0.4 is 0 Å². The van der Waals surface area contributed by atoms with Gasteiger partial charge in [0.05, 0.1) is 6.61 Å². The van der Waals surface area contributed by atoms with Gasteiger partial charge in [-0.1, -0.05) is 30.7 Å². The molecule has 0 aromatic heterocycles. The lowest BCUT2D eigenvalue weighted by Gasteiger charge is -2.02. The van der Waals surface area contributed by atoms with Crippen molar-refractivity contribution in [2.45, 2.75) is 20.0 Å². The fourth-order valence-corrected chi connectivity index (χ4v) is 1.17. The largest absolute Gasteiger partial charge is 0.377 e. The van der Waals surface area contributed by atoms with Gasteiger partial charge in [0.25, 0.3) is 0 Å². The van der Waals surface area contributed by atoms with E-state index in [1.807, 2.05) is 24.3 Å². The Morgan fingerprint density at radius 3 is 2.92 bits per heavy atom. The van der Waals surface area contributed by atoms with E-state index < -0.39 is 0 Å². The van der Waals surface area contributed by atoms with Crippen LogP contribution in [-0.4, -0.2) is 6.61 Å². The third kappa shape index (κ3) is 3.24. The van der Waals surface area contributed by atoms with E-state index in [1.54, 1.807) is 0 Å². The fraction of sp³-hybridized carbons (Fsp3) is 0.400. The van der Waals surface area contributed by atoms with Crippen LogP contribution in [0, 0.1) is 0 Å². The van der Waals surface area contributed by atoms with Gasteiger partial charge in [0.15, 0.2) is 0 Å². The highest BCUT2D eigenvalue weighted by molar-refractivity contribution is 6.30. The fourth-order valence-electron chi connectivity index (χ4n) is 0.961. The van der Waals surface area contributed by atoms with E-state index >= 15 is 0 Å². The number of halogens is 1. The maximum Gasteiger partial charge on any atom is 0.0717 e. The highest BCUT2D eigenvalue weighted by Crippen LogP contribution is 2.11. The van der Waals surface area contributed by atoms with Crippen molar-refractivity contribution in [3.05, 3.63) is 34.9 Å². The third-order valence-corrected chi connectivity index (χ3v) is 1.74. The zero-order chi connectivity index (χ0) is 8.81.